The second kappa shape index (κ2) is 9.33. The summed E-state index contributed by atoms with van der Waals surface area (Å²) in [6.45, 7) is 2.14. The van der Waals surface area contributed by atoms with Crippen LogP contribution >= 0.6 is 11.6 Å². The highest BCUT2D eigenvalue weighted by Crippen LogP contribution is 2.31. The van der Waals surface area contributed by atoms with Crippen LogP contribution in [0.1, 0.15) is 18.5 Å². The molecule has 0 bridgehead atoms. The van der Waals surface area contributed by atoms with Gasteiger partial charge < -0.3 is 11.1 Å². The molecular formula is C23H22ClN7O2. The van der Waals surface area contributed by atoms with E-state index in [0.29, 0.717) is 45.2 Å². The number of primary amides is 1. The van der Waals surface area contributed by atoms with Gasteiger partial charge in [0.2, 0.25) is 11.9 Å². The van der Waals surface area contributed by atoms with Crippen LogP contribution in [0, 0.1) is 6.92 Å². The lowest BCUT2D eigenvalue weighted by Gasteiger charge is -2.14. The number of hydrogen-bond donors (Lipinski definition) is 2. The number of carbonyl (C=O) groups is 1. The van der Waals surface area contributed by atoms with Crippen molar-refractivity contribution in [1.29, 1.82) is 0 Å². The fourth-order valence-electron chi connectivity index (χ4n) is 3.59. The molecule has 33 heavy (non-hydrogen) atoms. The highest BCUT2D eigenvalue weighted by Gasteiger charge is 2.16. The Bertz CT molecular complexity index is 1420. The highest BCUT2D eigenvalue weighted by atomic mass is 35.5. The summed E-state index contributed by atoms with van der Waals surface area (Å²) in [7, 11) is 1.70. The number of hydrogen-bond acceptors (Lipinski definition) is 7. The van der Waals surface area contributed by atoms with Gasteiger partial charge in [-0.1, -0.05) is 23.7 Å². The van der Waals surface area contributed by atoms with E-state index in [1.165, 1.54) is 4.57 Å². The number of carbonyl (C=O) groups excluding carboxylic acids is 1. The molecule has 0 fully saturated rings. The maximum atomic E-state index is 13.5. The molecule has 0 aliphatic heterocycles. The summed E-state index contributed by atoms with van der Waals surface area (Å²) in [5.41, 5.74) is 8.75. The highest BCUT2D eigenvalue weighted by molar-refractivity contribution is 6.33. The molecule has 3 N–H and O–H groups in total. The molecule has 4 aromatic rings. The quantitative estimate of drug-likeness (QED) is 0.430. The summed E-state index contributed by atoms with van der Waals surface area (Å²) in [6.07, 6.45) is 5.56. The molecule has 168 valence electrons. The van der Waals surface area contributed by atoms with Crippen LogP contribution in [-0.2, 0) is 11.3 Å². The molecule has 0 atom stereocenters. The van der Waals surface area contributed by atoms with E-state index in [0.717, 1.165) is 11.3 Å². The molecule has 0 radical (unpaired) electrons. The summed E-state index contributed by atoms with van der Waals surface area (Å²) in [4.78, 5) is 42.1. The molecular weight excluding hydrogens is 442 g/mol. The number of aryl methyl sites for hydroxylation is 2. The Kier molecular flexibility index (Phi) is 6.32. The first-order valence-corrected chi connectivity index (χ1v) is 10.7. The number of pyridine rings is 1. The van der Waals surface area contributed by atoms with Crippen molar-refractivity contribution < 1.29 is 4.79 Å². The van der Waals surface area contributed by atoms with E-state index >= 15 is 0 Å². The minimum absolute atomic E-state index is 0.162. The lowest BCUT2D eigenvalue weighted by Crippen LogP contribution is -2.24. The summed E-state index contributed by atoms with van der Waals surface area (Å²) in [5.74, 6) is -0.0353. The van der Waals surface area contributed by atoms with Gasteiger partial charge in [-0.3, -0.25) is 19.1 Å². The smallest absolute Gasteiger partial charge is 0.260 e. The maximum Gasteiger partial charge on any atom is 0.260 e. The van der Waals surface area contributed by atoms with Crippen molar-refractivity contribution in [1.82, 2.24) is 24.5 Å². The van der Waals surface area contributed by atoms with E-state index in [1.807, 2.05) is 13.0 Å². The molecule has 9 nitrogen and oxygen atoms in total. The third-order valence-electron chi connectivity index (χ3n) is 5.17. The number of anilines is 1. The molecule has 1 amide bonds. The lowest BCUT2D eigenvalue weighted by atomic mass is 10.0. The van der Waals surface area contributed by atoms with E-state index in [9.17, 15) is 9.59 Å². The van der Waals surface area contributed by atoms with E-state index in [4.69, 9.17) is 17.3 Å². The van der Waals surface area contributed by atoms with Crippen LogP contribution in [0.2, 0.25) is 5.02 Å². The van der Waals surface area contributed by atoms with Crippen molar-refractivity contribution >= 4 is 34.5 Å². The minimum atomic E-state index is -0.424. The maximum absolute atomic E-state index is 13.5. The molecule has 0 saturated heterocycles. The standard InChI is InChI=1S/C23H22ClN7O2/c1-13-10-27-12-19(29-13)14-5-6-16(18(24)9-14)17-8-15-11-28-23(26-2)30-21(15)31(22(17)33)7-3-4-20(25)32/h5-6,8-12H,3-4,7H2,1-2H3,(H2,25,32)(H,26,28,30). The summed E-state index contributed by atoms with van der Waals surface area (Å²) >= 11 is 6.62. The second-order valence-electron chi connectivity index (χ2n) is 7.55. The van der Waals surface area contributed by atoms with Gasteiger partial charge in [0.15, 0.2) is 0 Å². The number of amides is 1. The van der Waals surface area contributed by atoms with Crippen LogP contribution in [0.4, 0.5) is 5.95 Å². The van der Waals surface area contributed by atoms with Crippen molar-refractivity contribution in [2.45, 2.75) is 26.3 Å². The van der Waals surface area contributed by atoms with Gasteiger partial charge in [0.1, 0.15) is 5.65 Å². The molecule has 4 rings (SSSR count). The average molecular weight is 464 g/mol. The van der Waals surface area contributed by atoms with Crippen LogP contribution in [-0.4, -0.2) is 37.5 Å². The zero-order valence-electron chi connectivity index (χ0n) is 18.2. The number of aromatic nitrogens is 5. The van der Waals surface area contributed by atoms with Gasteiger partial charge in [-0.25, -0.2) is 9.97 Å². The summed E-state index contributed by atoms with van der Waals surface area (Å²) in [5, 5.41) is 3.96. The molecule has 3 aromatic heterocycles. The molecule has 0 unspecified atom stereocenters. The van der Waals surface area contributed by atoms with Gasteiger partial charge in [0.05, 0.1) is 17.6 Å². The molecule has 0 spiro atoms. The predicted octanol–water partition coefficient (Wildman–Crippen LogP) is 3.18. The van der Waals surface area contributed by atoms with Gasteiger partial charge in [-0.05, 0) is 25.5 Å². The van der Waals surface area contributed by atoms with Crippen molar-refractivity contribution in [3.8, 4) is 22.4 Å². The van der Waals surface area contributed by atoms with Crippen LogP contribution in [0.3, 0.4) is 0 Å². The lowest BCUT2D eigenvalue weighted by molar-refractivity contribution is -0.118. The molecule has 0 aliphatic rings. The Morgan fingerprint density at radius 3 is 2.67 bits per heavy atom. The van der Waals surface area contributed by atoms with Crippen molar-refractivity contribution in [3.05, 3.63) is 63.9 Å². The van der Waals surface area contributed by atoms with Crippen molar-refractivity contribution in [3.63, 3.8) is 0 Å². The number of fused-ring (bicyclic) bond motifs is 1. The topological polar surface area (TPSA) is 129 Å². The first-order chi connectivity index (χ1) is 15.9. The summed E-state index contributed by atoms with van der Waals surface area (Å²) in [6, 6.07) is 7.14. The third kappa shape index (κ3) is 4.68. The number of halogens is 1. The van der Waals surface area contributed by atoms with Crippen LogP contribution in [0.15, 0.2) is 47.7 Å². The Morgan fingerprint density at radius 2 is 1.97 bits per heavy atom. The number of benzene rings is 1. The second-order valence-corrected chi connectivity index (χ2v) is 7.95. The molecule has 0 aliphatic carbocycles. The fraction of sp³-hybridized carbons (Fsp3) is 0.217. The van der Waals surface area contributed by atoms with E-state index in [1.54, 1.807) is 43.8 Å². The van der Waals surface area contributed by atoms with Crippen LogP contribution < -0.4 is 16.6 Å². The molecule has 3 heterocycles. The Labute approximate surface area is 194 Å². The minimum Gasteiger partial charge on any atom is -0.370 e. The zero-order chi connectivity index (χ0) is 23.5. The molecule has 10 heteroatoms. The SMILES string of the molecule is CNc1ncc2cc(-c3ccc(-c4cncc(C)n4)cc3Cl)c(=O)n(CCCC(N)=O)c2n1. The monoisotopic (exact) mass is 463 g/mol. The number of nitrogens with one attached hydrogen (secondary N) is 1. The van der Waals surface area contributed by atoms with Crippen molar-refractivity contribution in [2.24, 2.45) is 5.73 Å². The van der Waals surface area contributed by atoms with Crippen LogP contribution in [0.5, 0.6) is 0 Å². The van der Waals surface area contributed by atoms with Gasteiger partial charge in [0.25, 0.3) is 5.56 Å². The first-order valence-electron chi connectivity index (χ1n) is 10.3. The van der Waals surface area contributed by atoms with Gasteiger partial charge in [-0.2, -0.15) is 4.98 Å². The average Bonchev–Trinajstić information content (AvgIpc) is 2.80. The Hall–Kier alpha value is -3.85. The predicted molar refractivity (Wildman–Crippen MR) is 128 cm³/mol. The number of nitrogens with two attached hydrogens (primary N) is 1. The van der Waals surface area contributed by atoms with E-state index in [-0.39, 0.29) is 18.5 Å². The largest absolute Gasteiger partial charge is 0.370 e. The number of nitrogens with zero attached hydrogens (tertiary/aromatic N) is 5. The van der Waals surface area contributed by atoms with Gasteiger partial charge in [0, 0.05) is 59.5 Å². The number of rotatable bonds is 7. The van der Waals surface area contributed by atoms with Crippen molar-refractivity contribution in [2.75, 3.05) is 12.4 Å². The molecule has 1 aromatic carbocycles. The fourth-order valence-corrected chi connectivity index (χ4v) is 3.87. The third-order valence-corrected chi connectivity index (χ3v) is 5.48. The normalized spacial score (nSPS) is 11.0. The van der Waals surface area contributed by atoms with Crippen LogP contribution in [0.25, 0.3) is 33.4 Å². The first kappa shape index (κ1) is 22.3. The zero-order valence-corrected chi connectivity index (χ0v) is 18.9. The summed E-state index contributed by atoms with van der Waals surface area (Å²) < 4.78 is 1.53. The molecule has 0 saturated carbocycles. The van der Waals surface area contributed by atoms with E-state index < -0.39 is 5.91 Å². The Balaban J connectivity index is 1.84. The Morgan fingerprint density at radius 1 is 1.15 bits per heavy atom. The van der Waals surface area contributed by atoms with E-state index in [2.05, 4.69) is 25.3 Å². The van der Waals surface area contributed by atoms with Gasteiger partial charge >= 0.3 is 0 Å². The van der Waals surface area contributed by atoms with Gasteiger partial charge in [-0.15, -0.1) is 0 Å².